The molecule has 0 amide bonds. The van der Waals surface area contributed by atoms with E-state index in [1.165, 1.54) is 11.3 Å². The first-order valence-electron chi connectivity index (χ1n) is 5.24. The Balaban J connectivity index is 2.11. The van der Waals surface area contributed by atoms with Crippen LogP contribution in [-0.4, -0.2) is 26.9 Å². The van der Waals surface area contributed by atoms with E-state index in [4.69, 9.17) is 4.74 Å². The Morgan fingerprint density at radius 2 is 2.17 bits per heavy atom. The summed E-state index contributed by atoms with van der Waals surface area (Å²) in [6, 6.07) is 7.97. The van der Waals surface area contributed by atoms with Crippen LogP contribution in [0.5, 0.6) is 0 Å². The van der Waals surface area contributed by atoms with Gasteiger partial charge in [-0.25, -0.2) is 0 Å². The molecule has 0 saturated heterocycles. The van der Waals surface area contributed by atoms with Gasteiger partial charge in [0.25, 0.3) is 0 Å². The van der Waals surface area contributed by atoms with Gasteiger partial charge in [0.2, 0.25) is 4.96 Å². The third kappa shape index (κ3) is 1.94. The number of benzene rings is 1. The highest BCUT2D eigenvalue weighted by Gasteiger charge is 2.13. The Morgan fingerprint density at radius 3 is 2.94 bits per heavy atom. The van der Waals surface area contributed by atoms with Crippen molar-refractivity contribution in [3.8, 4) is 10.6 Å². The first kappa shape index (κ1) is 11.8. The molecule has 3 aromatic rings. The lowest BCUT2D eigenvalue weighted by Gasteiger charge is -1.98. The maximum atomic E-state index is 5.07. The van der Waals surface area contributed by atoms with Gasteiger partial charge in [-0.05, 0) is 6.07 Å². The van der Waals surface area contributed by atoms with Crippen molar-refractivity contribution < 1.29 is 4.74 Å². The minimum atomic E-state index is 0.403. The predicted octanol–water partition coefficient (Wildman–Crippen LogP) is 2.76. The molecular weight excluding hydrogens is 316 g/mol. The highest BCUT2D eigenvalue weighted by molar-refractivity contribution is 9.10. The zero-order chi connectivity index (χ0) is 12.5. The molecule has 0 atom stereocenters. The number of nitrogens with zero attached hydrogens (tertiary/aromatic N) is 4. The molecule has 92 valence electrons. The Morgan fingerprint density at radius 1 is 1.33 bits per heavy atom. The fourth-order valence-electron chi connectivity index (χ4n) is 1.62. The van der Waals surface area contributed by atoms with E-state index in [1.54, 1.807) is 11.6 Å². The van der Waals surface area contributed by atoms with Crippen molar-refractivity contribution in [1.82, 2.24) is 19.8 Å². The van der Waals surface area contributed by atoms with Gasteiger partial charge in [0.15, 0.2) is 5.82 Å². The molecule has 0 fully saturated rings. The highest BCUT2D eigenvalue weighted by atomic mass is 79.9. The minimum absolute atomic E-state index is 0.403. The van der Waals surface area contributed by atoms with E-state index < -0.39 is 0 Å². The van der Waals surface area contributed by atoms with Gasteiger partial charge in [-0.1, -0.05) is 45.5 Å². The van der Waals surface area contributed by atoms with E-state index in [2.05, 4.69) is 31.2 Å². The van der Waals surface area contributed by atoms with Crippen LogP contribution in [0.3, 0.4) is 0 Å². The molecular formula is C11H9BrN4OS. The number of halogens is 1. The molecule has 0 aliphatic carbocycles. The molecule has 2 heterocycles. The normalized spacial score (nSPS) is 11.2. The third-order valence-electron chi connectivity index (χ3n) is 2.43. The van der Waals surface area contributed by atoms with E-state index in [1.807, 2.05) is 24.3 Å². The summed E-state index contributed by atoms with van der Waals surface area (Å²) in [5.74, 6) is 0.710. The Hall–Kier alpha value is -1.31. The lowest BCUT2D eigenvalue weighted by molar-refractivity contribution is 0.176. The van der Waals surface area contributed by atoms with E-state index in [9.17, 15) is 0 Å². The second kappa shape index (κ2) is 4.75. The average molecular weight is 325 g/mol. The minimum Gasteiger partial charge on any atom is -0.377 e. The maximum absolute atomic E-state index is 5.07. The van der Waals surface area contributed by atoms with Crippen LogP contribution in [0.1, 0.15) is 5.82 Å². The first-order chi connectivity index (χ1) is 8.79. The first-order valence-corrected chi connectivity index (χ1v) is 6.85. The van der Waals surface area contributed by atoms with Crippen molar-refractivity contribution in [3.63, 3.8) is 0 Å². The summed E-state index contributed by atoms with van der Waals surface area (Å²) in [5, 5.41) is 13.5. The van der Waals surface area contributed by atoms with Crippen LogP contribution in [0.4, 0.5) is 0 Å². The summed E-state index contributed by atoms with van der Waals surface area (Å²) in [4.78, 5) is 0.771. The number of hydrogen-bond acceptors (Lipinski definition) is 5. The standard InChI is InChI=1S/C11H9BrN4OS/c1-17-6-9-13-14-11-16(9)15-10(18-11)7-4-2-3-5-8(7)12/h2-5H,6H2,1H3. The number of ether oxygens (including phenoxy) is 1. The average Bonchev–Trinajstić information content (AvgIpc) is 2.92. The SMILES string of the molecule is COCc1nnc2sc(-c3ccccc3Br)nn12. The molecule has 3 rings (SSSR count). The van der Waals surface area contributed by atoms with Gasteiger partial charge in [0.1, 0.15) is 11.6 Å². The Labute approximate surface area is 116 Å². The van der Waals surface area contributed by atoms with Crippen molar-refractivity contribution in [2.45, 2.75) is 6.61 Å². The predicted molar refractivity (Wildman–Crippen MR) is 72.5 cm³/mol. The van der Waals surface area contributed by atoms with Gasteiger partial charge < -0.3 is 4.74 Å². The number of rotatable bonds is 3. The third-order valence-corrected chi connectivity index (χ3v) is 4.06. The lowest BCUT2D eigenvalue weighted by Crippen LogP contribution is -1.97. The van der Waals surface area contributed by atoms with Crippen molar-refractivity contribution in [1.29, 1.82) is 0 Å². The van der Waals surface area contributed by atoms with Gasteiger partial charge in [-0.15, -0.1) is 10.2 Å². The molecule has 0 unspecified atom stereocenters. The molecule has 1 aromatic carbocycles. The van der Waals surface area contributed by atoms with Gasteiger partial charge in [-0.3, -0.25) is 0 Å². The number of aromatic nitrogens is 4. The van der Waals surface area contributed by atoms with Gasteiger partial charge >= 0.3 is 0 Å². The topological polar surface area (TPSA) is 52.3 Å². The molecule has 0 aliphatic rings. The quantitative estimate of drug-likeness (QED) is 0.743. The van der Waals surface area contributed by atoms with E-state index >= 15 is 0 Å². The molecule has 0 aliphatic heterocycles. The maximum Gasteiger partial charge on any atom is 0.235 e. The largest absolute Gasteiger partial charge is 0.377 e. The van der Waals surface area contributed by atoms with E-state index in [0.717, 1.165) is 20.0 Å². The molecule has 5 nitrogen and oxygen atoms in total. The van der Waals surface area contributed by atoms with Crippen LogP contribution in [0.2, 0.25) is 0 Å². The second-order valence-electron chi connectivity index (χ2n) is 3.63. The number of hydrogen-bond donors (Lipinski definition) is 0. The van der Waals surface area contributed by atoms with Crippen LogP contribution in [0.15, 0.2) is 28.7 Å². The molecule has 2 aromatic heterocycles. The fourth-order valence-corrected chi connectivity index (χ4v) is 3.12. The Bertz CT molecular complexity index is 693. The lowest BCUT2D eigenvalue weighted by atomic mass is 10.2. The zero-order valence-electron chi connectivity index (χ0n) is 9.50. The van der Waals surface area contributed by atoms with Crippen molar-refractivity contribution in [2.24, 2.45) is 0 Å². The van der Waals surface area contributed by atoms with Crippen molar-refractivity contribution >= 4 is 32.2 Å². The smallest absolute Gasteiger partial charge is 0.235 e. The van der Waals surface area contributed by atoms with Crippen LogP contribution in [0.25, 0.3) is 15.5 Å². The highest BCUT2D eigenvalue weighted by Crippen LogP contribution is 2.31. The summed E-state index contributed by atoms with van der Waals surface area (Å²) >= 11 is 5.03. The van der Waals surface area contributed by atoms with E-state index in [0.29, 0.717) is 12.4 Å². The summed E-state index contributed by atoms with van der Waals surface area (Å²) in [7, 11) is 1.63. The van der Waals surface area contributed by atoms with Crippen LogP contribution >= 0.6 is 27.3 Å². The van der Waals surface area contributed by atoms with E-state index in [-0.39, 0.29) is 0 Å². The molecule has 18 heavy (non-hydrogen) atoms. The monoisotopic (exact) mass is 324 g/mol. The van der Waals surface area contributed by atoms with Crippen LogP contribution < -0.4 is 0 Å². The number of methoxy groups -OCH3 is 1. The number of fused-ring (bicyclic) bond motifs is 1. The summed E-state index contributed by atoms with van der Waals surface area (Å²) in [6.45, 7) is 0.403. The zero-order valence-corrected chi connectivity index (χ0v) is 11.9. The molecule has 0 saturated carbocycles. The molecule has 0 radical (unpaired) electrons. The van der Waals surface area contributed by atoms with Crippen molar-refractivity contribution in [2.75, 3.05) is 7.11 Å². The summed E-state index contributed by atoms with van der Waals surface area (Å²) < 4.78 is 7.81. The fraction of sp³-hybridized carbons (Fsp3) is 0.182. The van der Waals surface area contributed by atoms with Crippen LogP contribution in [0, 0.1) is 0 Å². The van der Waals surface area contributed by atoms with Gasteiger partial charge in [0, 0.05) is 17.1 Å². The molecule has 0 N–H and O–H groups in total. The second-order valence-corrected chi connectivity index (χ2v) is 5.44. The van der Waals surface area contributed by atoms with Gasteiger partial charge in [-0.2, -0.15) is 9.61 Å². The molecule has 7 heteroatoms. The van der Waals surface area contributed by atoms with Gasteiger partial charge in [0.05, 0.1) is 0 Å². The van der Waals surface area contributed by atoms with Crippen LogP contribution in [-0.2, 0) is 11.3 Å². The molecule has 0 spiro atoms. The Kier molecular flexibility index (Phi) is 3.11. The molecule has 0 bridgehead atoms. The van der Waals surface area contributed by atoms with Crippen molar-refractivity contribution in [3.05, 3.63) is 34.6 Å². The summed E-state index contributed by atoms with van der Waals surface area (Å²) in [5.41, 5.74) is 1.05. The summed E-state index contributed by atoms with van der Waals surface area (Å²) in [6.07, 6.45) is 0.